The van der Waals surface area contributed by atoms with Gasteiger partial charge in [-0.3, -0.25) is 0 Å². The number of rotatable bonds is 2. The number of hydrogen-bond acceptors (Lipinski definition) is 2. The first-order chi connectivity index (χ1) is 7.59. The van der Waals surface area contributed by atoms with Crippen molar-refractivity contribution in [2.24, 2.45) is 0 Å². The van der Waals surface area contributed by atoms with E-state index in [0.29, 0.717) is 0 Å². The third-order valence-electron chi connectivity index (χ3n) is 2.35. The molecule has 0 radical (unpaired) electrons. The minimum atomic E-state index is -0.579. The second kappa shape index (κ2) is 5.04. The van der Waals surface area contributed by atoms with Gasteiger partial charge < -0.3 is 5.11 Å². The summed E-state index contributed by atoms with van der Waals surface area (Å²) in [7, 11) is 0. The van der Waals surface area contributed by atoms with E-state index in [0.717, 1.165) is 23.9 Å². The Labute approximate surface area is 117 Å². The number of benzene rings is 1. The molecule has 0 bridgehead atoms. The third-order valence-corrected chi connectivity index (χ3v) is 4.94. The summed E-state index contributed by atoms with van der Waals surface area (Å²) in [5, 5.41) is 10.3. The summed E-state index contributed by atoms with van der Waals surface area (Å²) in [6.45, 7) is 1.95. The van der Waals surface area contributed by atoms with Gasteiger partial charge in [0.25, 0.3) is 0 Å². The van der Waals surface area contributed by atoms with Crippen LogP contribution in [0, 0.1) is 10.5 Å². The standard InChI is InChI=1S/C12H10ClIOS/c1-7-6-10(16-12(7)13)11(15)8-4-2-3-5-9(8)14/h2-6,11,15H,1H3. The summed E-state index contributed by atoms with van der Waals surface area (Å²) in [5.74, 6) is 0. The minimum absolute atomic E-state index is 0.579. The van der Waals surface area contributed by atoms with Crippen molar-refractivity contribution >= 4 is 45.5 Å². The Bertz CT molecular complexity index is 490. The Morgan fingerprint density at radius 1 is 1.38 bits per heavy atom. The van der Waals surface area contributed by atoms with Crippen LogP contribution in [0.15, 0.2) is 30.3 Å². The summed E-state index contributed by atoms with van der Waals surface area (Å²) in [6, 6.07) is 9.77. The second-order valence-corrected chi connectivity index (χ2v) is 6.38. The van der Waals surface area contributed by atoms with Gasteiger partial charge in [-0.1, -0.05) is 29.8 Å². The monoisotopic (exact) mass is 364 g/mol. The molecule has 0 spiro atoms. The molecule has 1 aromatic heterocycles. The molecular weight excluding hydrogens is 355 g/mol. The van der Waals surface area contributed by atoms with E-state index in [1.54, 1.807) is 0 Å². The Morgan fingerprint density at radius 2 is 2.06 bits per heavy atom. The van der Waals surface area contributed by atoms with Crippen molar-refractivity contribution in [3.05, 3.63) is 54.2 Å². The number of aryl methyl sites for hydroxylation is 1. The zero-order valence-corrected chi connectivity index (χ0v) is 12.3. The van der Waals surface area contributed by atoms with Gasteiger partial charge in [-0.05, 0) is 52.8 Å². The van der Waals surface area contributed by atoms with Gasteiger partial charge in [0.05, 0.1) is 4.34 Å². The zero-order chi connectivity index (χ0) is 11.7. The number of halogens is 2. The van der Waals surface area contributed by atoms with Gasteiger partial charge in [-0.15, -0.1) is 11.3 Å². The summed E-state index contributed by atoms with van der Waals surface area (Å²) >= 11 is 9.67. The lowest BCUT2D eigenvalue weighted by atomic mass is 10.1. The van der Waals surface area contributed by atoms with Crippen LogP contribution in [0.2, 0.25) is 4.34 Å². The van der Waals surface area contributed by atoms with Crippen LogP contribution < -0.4 is 0 Å². The topological polar surface area (TPSA) is 20.2 Å². The highest BCUT2D eigenvalue weighted by Crippen LogP contribution is 2.35. The Morgan fingerprint density at radius 3 is 2.62 bits per heavy atom. The van der Waals surface area contributed by atoms with Crippen molar-refractivity contribution in [2.45, 2.75) is 13.0 Å². The maximum absolute atomic E-state index is 10.3. The maximum Gasteiger partial charge on any atom is 0.114 e. The van der Waals surface area contributed by atoms with Crippen LogP contribution in [0.5, 0.6) is 0 Å². The van der Waals surface area contributed by atoms with Crippen molar-refractivity contribution in [3.8, 4) is 0 Å². The number of thiophene rings is 1. The molecule has 1 N–H and O–H groups in total. The van der Waals surface area contributed by atoms with Crippen molar-refractivity contribution < 1.29 is 5.11 Å². The molecule has 0 aliphatic rings. The average molecular weight is 365 g/mol. The van der Waals surface area contributed by atoms with Crippen molar-refractivity contribution in [1.29, 1.82) is 0 Å². The van der Waals surface area contributed by atoms with E-state index >= 15 is 0 Å². The van der Waals surface area contributed by atoms with Crippen LogP contribution in [0.3, 0.4) is 0 Å². The molecule has 1 nitrogen and oxygen atoms in total. The molecular formula is C12H10ClIOS. The van der Waals surface area contributed by atoms with Crippen LogP contribution >= 0.6 is 45.5 Å². The molecule has 0 saturated heterocycles. The molecule has 0 aliphatic heterocycles. The smallest absolute Gasteiger partial charge is 0.114 e. The normalized spacial score (nSPS) is 12.8. The Hall–Kier alpha value is -0.100. The molecule has 1 aromatic carbocycles. The van der Waals surface area contributed by atoms with Gasteiger partial charge >= 0.3 is 0 Å². The molecule has 1 atom stereocenters. The van der Waals surface area contributed by atoms with Crippen LogP contribution in [-0.2, 0) is 0 Å². The van der Waals surface area contributed by atoms with Crippen molar-refractivity contribution in [1.82, 2.24) is 0 Å². The summed E-state index contributed by atoms with van der Waals surface area (Å²) in [5.41, 5.74) is 1.95. The molecule has 4 heteroatoms. The van der Waals surface area contributed by atoms with E-state index < -0.39 is 6.10 Å². The summed E-state index contributed by atoms with van der Waals surface area (Å²) in [6.07, 6.45) is -0.579. The molecule has 2 rings (SSSR count). The van der Waals surface area contributed by atoms with Gasteiger partial charge in [0.15, 0.2) is 0 Å². The molecule has 84 valence electrons. The SMILES string of the molecule is Cc1cc(C(O)c2ccccc2I)sc1Cl. The molecule has 0 aliphatic carbocycles. The minimum Gasteiger partial charge on any atom is -0.383 e. The molecule has 1 unspecified atom stereocenters. The zero-order valence-electron chi connectivity index (χ0n) is 8.58. The lowest BCUT2D eigenvalue weighted by molar-refractivity contribution is 0.223. The maximum atomic E-state index is 10.3. The van der Waals surface area contributed by atoms with E-state index in [2.05, 4.69) is 22.6 Å². The quantitative estimate of drug-likeness (QED) is 0.783. The lowest BCUT2D eigenvalue weighted by Gasteiger charge is -2.10. The predicted octanol–water partition coefficient (Wildman–Crippen LogP) is 4.40. The number of aliphatic hydroxyl groups excluding tert-OH is 1. The van der Waals surface area contributed by atoms with Crippen molar-refractivity contribution in [3.63, 3.8) is 0 Å². The lowest BCUT2D eigenvalue weighted by Crippen LogP contribution is -1.99. The number of hydrogen-bond donors (Lipinski definition) is 1. The Kier molecular flexibility index (Phi) is 3.89. The van der Waals surface area contributed by atoms with Crippen LogP contribution in [0.1, 0.15) is 22.1 Å². The summed E-state index contributed by atoms with van der Waals surface area (Å²) < 4.78 is 1.81. The molecule has 0 saturated carbocycles. The van der Waals surface area contributed by atoms with E-state index in [1.165, 1.54) is 11.3 Å². The molecule has 1 heterocycles. The van der Waals surface area contributed by atoms with E-state index in [1.807, 2.05) is 37.3 Å². The largest absolute Gasteiger partial charge is 0.383 e. The number of aliphatic hydroxyl groups is 1. The van der Waals surface area contributed by atoms with Crippen LogP contribution in [-0.4, -0.2) is 5.11 Å². The van der Waals surface area contributed by atoms with Gasteiger partial charge in [0.1, 0.15) is 6.10 Å². The van der Waals surface area contributed by atoms with Crippen LogP contribution in [0.4, 0.5) is 0 Å². The second-order valence-electron chi connectivity index (χ2n) is 3.53. The third kappa shape index (κ3) is 2.42. The van der Waals surface area contributed by atoms with E-state index in [4.69, 9.17) is 11.6 Å². The Balaban J connectivity index is 2.39. The first-order valence-electron chi connectivity index (χ1n) is 4.78. The fourth-order valence-corrected chi connectivity index (χ4v) is 3.37. The van der Waals surface area contributed by atoms with Gasteiger partial charge in [0, 0.05) is 8.45 Å². The highest BCUT2D eigenvalue weighted by atomic mass is 127. The predicted molar refractivity (Wildman–Crippen MR) is 77.3 cm³/mol. The molecule has 16 heavy (non-hydrogen) atoms. The van der Waals surface area contributed by atoms with E-state index in [9.17, 15) is 5.11 Å². The highest BCUT2D eigenvalue weighted by molar-refractivity contribution is 14.1. The van der Waals surface area contributed by atoms with Gasteiger partial charge in [-0.25, -0.2) is 0 Å². The van der Waals surface area contributed by atoms with E-state index in [-0.39, 0.29) is 0 Å². The molecule has 0 amide bonds. The van der Waals surface area contributed by atoms with Crippen LogP contribution in [0.25, 0.3) is 0 Å². The first-order valence-corrected chi connectivity index (χ1v) is 7.05. The fraction of sp³-hybridized carbons (Fsp3) is 0.167. The van der Waals surface area contributed by atoms with Crippen molar-refractivity contribution in [2.75, 3.05) is 0 Å². The first kappa shape index (κ1) is 12.4. The average Bonchev–Trinajstić information content (AvgIpc) is 2.59. The highest BCUT2D eigenvalue weighted by Gasteiger charge is 2.16. The molecule has 0 fully saturated rings. The fourth-order valence-electron chi connectivity index (χ4n) is 1.47. The van der Waals surface area contributed by atoms with Gasteiger partial charge in [-0.2, -0.15) is 0 Å². The van der Waals surface area contributed by atoms with Gasteiger partial charge in [0.2, 0.25) is 0 Å². The summed E-state index contributed by atoms with van der Waals surface area (Å²) in [4.78, 5) is 0.895. The molecule has 2 aromatic rings.